The number of carbonyl (C=O) groups excluding carboxylic acids is 1. The highest BCUT2D eigenvalue weighted by Crippen LogP contribution is 2.27. The number of aromatic carboxylic acids is 1. The van der Waals surface area contributed by atoms with Crippen molar-refractivity contribution in [1.82, 2.24) is 4.90 Å². The maximum absolute atomic E-state index is 12.5. The number of benzene rings is 1. The molecule has 20 heavy (non-hydrogen) atoms. The largest absolute Gasteiger partial charge is 0.478 e. The monoisotopic (exact) mass is 275 g/mol. The van der Waals surface area contributed by atoms with Gasteiger partial charge in [-0.3, -0.25) is 4.79 Å². The van der Waals surface area contributed by atoms with Gasteiger partial charge in [-0.25, -0.2) is 4.79 Å². The first-order chi connectivity index (χ1) is 9.54. The minimum atomic E-state index is -0.977. The van der Waals surface area contributed by atoms with Gasteiger partial charge in [0.1, 0.15) is 0 Å². The van der Waals surface area contributed by atoms with E-state index < -0.39 is 5.97 Å². The number of carbonyl (C=O) groups is 2. The fourth-order valence-corrected chi connectivity index (χ4v) is 3.06. The molecule has 2 atom stereocenters. The summed E-state index contributed by atoms with van der Waals surface area (Å²) in [7, 11) is 0. The van der Waals surface area contributed by atoms with E-state index in [0.29, 0.717) is 11.6 Å². The Balaban J connectivity index is 2.18. The van der Waals surface area contributed by atoms with E-state index in [1.807, 2.05) is 4.90 Å². The van der Waals surface area contributed by atoms with Crippen molar-refractivity contribution in [2.45, 2.75) is 51.6 Å². The van der Waals surface area contributed by atoms with Crippen LogP contribution in [0.25, 0.3) is 0 Å². The number of rotatable bonds is 4. The van der Waals surface area contributed by atoms with Gasteiger partial charge >= 0.3 is 5.97 Å². The van der Waals surface area contributed by atoms with Gasteiger partial charge in [0.15, 0.2) is 0 Å². The Morgan fingerprint density at radius 1 is 1.30 bits per heavy atom. The fourth-order valence-electron chi connectivity index (χ4n) is 3.06. The molecule has 2 rings (SSSR count). The summed E-state index contributed by atoms with van der Waals surface area (Å²) in [6.07, 6.45) is 3.20. The van der Waals surface area contributed by atoms with Crippen molar-refractivity contribution in [1.29, 1.82) is 0 Å². The summed E-state index contributed by atoms with van der Waals surface area (Å²) in [4.78, 5) is 25.6. The van der Waals surface area contributed by atoms with Crippen molar-refractivity contribution in [3.63, 3.8) is 0 Å². The van der Waals surface area contributed by atoms with Crippen LogP contribution in [0.1, 0.15) is 49.0 Å². The lowest BCUT2D eigenvalue weighted by Gasteiger charge is -2.28. The number of carboxylic acid groups (broad SMARTS) is 1. The molecule has 1 N–H and O–H groups in total. The second kappa shape index (κ2) is 6.07. The van der Waals surface area contributed by atoms with E-state index >= 15 is 0 Å². The minimum Gasteiger partial charge on any atom is -0.478 e. The lowest BCUT2D eigenvalue weighted by molar-refractivity contribution is -0.133. The van der Waals surface area contributed by atoms with Crippen LogP contribution < -0.4 is 0 Å². The van der Waals surface area contributed by atoms with E-state index in [2.05, 4.69) is 13.8 Å². The first-order valence-corrected chi connectivity index (χ1v) is 7.17. The zero-order chi connectivity index (χ0) is 14.7. The molecule has 1 amide bonds. The van der Waals surface area contributed by atoms with Gasteiger partial charge in [0.2, 0.25) is 5.91 Å². The molecule has 2 unspecified atom stereocenters. The van der Waals surface area contributed by atoms with Crippen LogP contribution in [0.4, 0.5) is 0 Å². The van der Waals surface area contributed by atoms with Crippen LogP contribution in [-0.4, -0.2) is 34.0 Å². The van der Waals surface area contributed by atoms with E-state index in [9.17, 15) is 9.59 Å². The molecule has 0 saturated carbocycles. The molecule has 0 bridgehead atoms. The van der Waals surface area contributed by atoms with Gasteiger partial charge in [-0.05, 0) is 37.8 Å². The van der Waals surface area contributed by atoms with Crippen LogP contribution in [0.2, 0.25) is 0 Å². The molecular formula is C16H21NO3. The lowest BCUT2D eigenvalue weighted by atomic mass is 10.0. The highest BCUT2D eigenvalue weighted by atomic mass is 16.4. The summed E-state index contributed by atoms with van der Waals surface area (Å²) < 4.78 is 0. The Morgan fingerprint density at radius 3 is 2.65 bits per heavy atom. The number of hydrogen-bond acceptors (Lipinski definition) is 2. The maximum Gasteiger partial charge on any atom is 0.335 e. The van der Waals surface area contributed by atoms with Gasteiger partial charge in [-0.1, -0.05) is 25.1 Å². The molecule has 108 valence electrons. The van der Waals surface area contributed by atoms with Crippen molar-refractivity contribution in [3.8, 4) is 0 Å². The number of likely N-dealkylation sites (tertiary alicyclic amines) is 1. The molecule has 1 heterocycles. The van der Waals surface area contributed by atoms with E-state index in [-0.39, 0.29) is 23.9 Å². The SMILES string of the molecule is CCC1CCC(C)N1C(=O)Cc1ccccc1C(=O)O. The fraction of sp³-hybridized carbons (Fsp3) is 0.500. The molecule has 1 aromatic rings. The predicted octanol–water partition coefficient (Wildman–Crippen LogP) is 2.72. The van der Waals surface area contributed by atoms with Crippen LogP contribution in [-0.2, 0) is 11.2 Å². The molecule has 1 aliphatic rings. The maximum atomic E-state index is 12.5. The quantitative estimate of drug-likeness (QED) is 0.919. The second-order valence-corrected chi connectivity index (χ2v) is 5.43. The molecule has 0 radical (unpaired) electrons. The highest BCUT2D eigenvalue weighted by molar-refractivity contribution is 5.91. The Kier molecular flexibility index (Phi) is 4.42. The van der Waals surface area contributed by atoms with Crippen molar-refractivity contribution < 1.29 is 14.7 Å². The third-order valence-electron chi connectivity index (χ3n) is 4.13. The molecule has 4 heteroatoms. The number of nitrogens with zero attached hydrogens (tertiary/aromatic N) is 1. The van der Waals surface area contributed by atoms with Crippen molar-refractivity contribution in [3.05, 3.63) is 35.4 Å². The lowest BCUT2D eigenvalue weighted by Crippen LogP contribution is -2.40. The summed E-state index contributed by atoms with van der Waals surface area (Å²) in [5, 5.41) is 9.17. The first kappa shape index (κ1) is 14.6. The predicted molar refractivity (Wildman–Crippen MR) is 76.7 cm³/mol. The molecule has 4 nitrogen and oxygen atoms in total. The normalized spacial score (nSPS) is 22.0. The van der Waals surface area contributed by atoms with Gasteiger partial charge in [0, 0.05) is 12.1 Å². The zero-order valence-electron chi connectivity index (χ0n) is 12.0. The van der Waals surface area contributed by atoms with Crippen molar-refractivity contribution in [2.75, 3.05) is 0 Å². The third kappa shape index (κ3) is 2.84. The Morgan fingerprint density at radius 2 is 2.00 bits per heavy atom. The average Bonchev–Trinajstić information content (AvgIpc) is 2.80. The molecule has 1 fully saturated rings. The van der Waals surface area contributed by atoms with Gasteiger partial charge in [-0.15, -0.1) is 0 Å². The summed E-state index contributed by atoms with van der Waals surface area (Å²) in [5.74, 6) is -0.939. The van der Waals surface area contributed by atoms with Gasteiger partial charge < -0.3 is 10.0 Å². The van der Waals surface area contributed by atoms with Gasteiger partial charge in [-0.2, -0.15) is 0 Å². The summed E-state index contributed by atoms with van der Waals surface area (Å²) in [6.45, 7) is 4.16. The topological polar surface area (TPSA) is 57.6 Å². The second-order valence-electron chi connectivity index (χ2n) is 5.43. The molecule has 0 aliphatic carbocycles. The van der Waals surface area contributed by atoms with Crippen molar-refractivity contribution >= 4 is 11.9 Å². The molecule has 1 saturated heterocycles. The minimum absolute atomic E-state index is 0.0375. The summed E-state index contributed by atoms with van der Waals surface area (Å²) >= 11 is 0. The Hall–Kier alpha value is -1.84. The highest BCUT2D eigenvalue weighted by Gasteiger charge is 2.33. The van der Waals surface area contributed by atoms with Crippen LogP contribution in [0.3, 0.4) is 0 Å². The summed E-state index contributed by atoms with van der Waals surface area (Å²) in [5.41, 5.74) is 0.819. The van der Waals surface area contributed by atoms with Gasteiger partial charge in [0.05, 0.1) is 12.0 Å². The smallest absolute Gasteiger partial charge is 0.335 e. The van der Waals surface area contributed by atoms with Gasteiger partial charge in [0.25, 0.3) is 0 Å². The standard InChI is InChI=1S/C16H21NO3/c1-3-13-9-8-11(2)17(13)15(18)10-12-6-4-5-7-14(12)16(19)20/h4-7,11,13H,3,8-10H2,1-2H3,(H,19,20). The average molecular weight is 275 g/mol. The number of hydrogen-bond donors (Lipinski definition) is 1. The van der Waals surface area contributed by atoms with Crippen LogP contribution in [0.15, 0.2) is 24.3 Å². The van der Waals surface area contributed by atoms with Crippen LogP contribution in [0.5, 0.6) is 0 Å². The van der Waals surface area contributed by atoms with E-state index in [0.717, 1.165) is 19.3 Å². The number of carboxylic acids is 1. The van der Waals surface area contributed by atoms with Crippen LogP contribution in [0, 0.1) is 0 Å². The molecular weight excluding hydrogens is 254 g/mol. The molecule has 0 aromatic heterocycles. The Bertz CT molecular complexity index is 512. The summed E-state index contributed by atoms with van der Waals surface area (Å²) in [6, 6.07) is 7.29. The zero-order valence-corrected chi connectivity index (χ0v) is 12.0. The molecule has 1 aliphatic heterocycles. The Labute approximate surface area is 119 Å². The molecule has 1 aromatic carbocycles. The van der Waals surface area contributed by atoms with E-state index in [1.54, 1.807) is 24.3 Å². The van der Waals surface area contributed by atoms with E-state index in [4.69, 9.17) is 5.11 Å². The molecule has 0 spiro atoms. The third-order valence-corrected chi connectivity index (χ3v) is 4.13. The number of amides is 1. The van der Waals surface area contributed by atoms with E-state index in [1.165, 1.54) is 0 Å². The first-order valence-electron chi connectivity index (χ1n) is 7.17. The van der Waals surface area contributed by atoms with Crippen molar-refractivity contribution in [2.24, 2.45) is 0 Å². The van der Waals surface area contributed by atoms with Crippen LogP contribution >= 0.6 is 0 Å².